The first-order valence-electron chi connectivity index (χ1n) is 7.72. The van der Waals surface area contributed by atoms with Crippen LogP contribution < -0.4 is 5.73 Å². The number of anilines is 1. The molecule has 5 heteroatoms. The van der Waals surface area contributed by atoms with Crippen LogP contribution in [0, 0.1) is 0 Å². The van der Waals surface area contributed by atoms with E-state index >= 15 is 0 Å². The van der Waals surface area contributed by atoms with Crippen LogP contribution in [0.25, 0.3) is 5.69 Å². The minimum atomic E-state index is 0.451. The fourth-order valence-corrected chi connectivity index (χ4v) is 3.00. The molecule has 0 aliphatic carbocycles. The second-order valence-corrected chi connectivity index (χ2v) is 6.18. The van der Waals surface area contributed by atoms with Crippen molar-refractivity contribution in [1.29, 1.82) is 0 Å². The molecule has 0 bridgehead atoms. The van der Waals surface area contributed by atoms with Gasteiger partial charge in [0, 0.05) is 5.75 Å². The highest BCUT2D eigenvalue weighted by molar-refractivity contribution is 7.99. The van der Waals surface area contributed by atoms with Crippen LogP contribution in [0.4, 0.5) is 5.95 Å². The van der Waals surface area contributed by atoms with Gasteiger partial charge in [-0.15, -0.1) is 5.10 Å². The number of thioether (sulfide) groups is 1. The number of nitrogen functional groups attached to an aromatic ring is 1. The van der Waals surface area contributed by atoms with E-state index in [9.17, 15) is 0 Å². The number of benzene rings is 1. The molecule has 0 amide bonds. The van der Waals surface area contributed by atoms with Gasteiger partial charge in [-0.05, 0) is 18.6 Å². The van der Waals surface area contributed by atoms with E-state index in [-0.39, 0.29) is 0 Å². The summed E-state index contributed by atoms with van der Waals surface area (Å²) in [7, 11) is 0. The number of para-hydroxylation sites is 1. The van der Waals surface area contributed by atoms with Crippen LogP contribution in [0.2, 0.25) is 0 Å². The molecule has 2 N–H and O–H groups in total. The van der Waals surface area contributed by atoms with E-state index in [1.54, 1.807) is 16.4 Å². The van der Waals surface area contributed by atoms with Crippen LogP contribution in [0.1, 0.15) is 45.4 Å². The lowest BCUT2D eigenvalue weighted by Gasteiger charge is -2.00. The van der Waals surface area contributed by atoms with Crippen molar-refractivity contribution < 1.29 is 0 Å². The van der Waals surface area contributed by atoms with Crippen molar-refractivity contribution in [2.75, 3.05) is 11.5 Å². The molecule has 1 aromatic carbocycles. The molecule has 0 atom stereocenters. The van der Waals surface area contributed by atoms with Crippen LogP contribution in [-0.2, 0) is 0 Å². The molecule has 0 aliphatic rings. The Morgan fingerprint density at radius 2 is 1.76 bits per heavy atom. The molecule has 0 fully saturated rings. The lowest BCUT2D eigenvalue weighted by Crippen LogP contribution is -2.01. The molecule has 1 heterocycles. The Morgan fingerprint density at radius 1 is 1.05 bits per heavy atom. The van der Waals surface area contributed by atoms with Crippen molar-refractivity contribution in [2.24, 2.45) is 0 Å². The molecule has 21 heavy (non-hydrogen) atoms. The lowest BCUT2D eigenvalue weighted by atomic mass is 10.1. The van der Waals surface area contributed by atoms with Gasteiger partial charge >= 0.3 is 0 Å². The maximum absolute atomic E-state index is 5.93. The topological polar surface area (TPSA) is 56.7 Å². The minimum absolute atomic E-state index is 0.451. The van der Waals surface area contributed by atoms with Crippen LogP contribution >= 0.6 is 11.8 Å². The van der Waals surface area contributed by atoms with E-state index in [1.807, 2.05) is 30.3 Å². The summed E-state index contributed by atoms with van der Waals surface area (Å²) in [5, 5.41) is 5.24. The maximum atomic E-state index is 5.93. The van der Waals surface area contributed by atoms with E-state index in [0.717, 1.165) is 16.6 Å². The van der Waals surface area contributed by atoms with Gasteiger partial charge in [-0.1, -0.05) is 69.0 Å². The zero-order valence-corrected chi connectivity index (χ0v) is 13.5. The molecular weight excluding hydrogens is 280 g/mol. The van der Waals surface area contributed by atoms with E-state index in [0.29, 0.717) is 5.95 Å². The fourth-order valence-electron chi connectivity index (χ4n) is 2.17. The van der Waals surface area contributed by atoms with Gasteiger partial charge in [0.1, 0.15) is 0 Å². The molecule has 114 valence electrons. The normalized spacial score (nSPS) is 10.9. The molecule has 0 radical (unpaired) electrons. The summed E-state index contributed by atoms with van der Waals surface area (Å²) in [6.45, 7) is 2.25. The SMILES string of the molecule is CCCCCCCCSc1nc(N)n(-c2ccccc2)n1. The zero-order valence-electron chi connectivity index (χ0n) is 12.7. The van der Waals surface area contributed by atoms with E-state index in [4.69, 9.17) is 5.73 Å². The second-order valence-electron chi connectivity index (χ2n) is 5.12. The zero-order chi connectivity index (χ0) is 14.9. The van der Waals surface area contributed by atoms with Crippen LogP contribution in [0.15, 0.2) is 35.5 Å². The number of hydrogen-bond donors (Lipinski definition) is 1. The Hall–Kier alpha value is -1.49. The van der Waals surface area contributed by atoms with Crippen LogP contribution in [-0.4, -0.2) is 20.5 Å². The van der Waals surface area contributed by atoms with Crippen LogP contribution in [0.5, 0.6) is 0 Å². The first kappa shape index (κ1) is 15.9. The minimum Gasteiger partial charge on any atom is -0.368 e. The van der Waals surface area contributed by atoms with Crippen molar-refractivity contribution >= 4 is 17.7 Å². The highest BCUT2D eigenvalue weighted by Crippen LogP contribution is 2.20. The van der Waals surface area contributed by atoms with Crippen molar-refractivity contribution in [3.63, 3.8) is 0 Å². The van der Waals surface area contributed by atoms with Gasteiger partial charge < -0.3 is 5.73 Å². The summed E-state index contributed by atoms with van der Waals surface area (Å²) < 4.78 is 1.70. The first-order chi connectivity index (χ1) is 10.3. The summed E-state index contributed by atoms with van der Waals surface area (Å²) in [5.41, 5.74) is 6.89. The summed E-state index contributed by atoms with van der Waals surface area (Å²) in [6.07, 6.45) is 7.86. The standard InChI is InChI=1S/C16H24N4S/c1-2-3-4-5-6-10-13-21-16-18-15(17)20(19-16)14-11-8-7-9-12-14/h7-9,11-12H,2-6,10,13H2,1H3,(H2,17,18,19). The van der Waals surface area contributed by atoms with Crippen molar-refractivity contribution in [3.8, 4) is 5.69 Å². The monoisotopic (exact) mass is 304 g/mol. The molecule has 2 rings (SSSR count). The van der Waals surface area contributed by atoms with Crippen molar-refractivity contribution in [2.45, 2.75) is 50.6 Å². The van der Waals surface area contributed by atoms with Gasteiger partial charge in [0.2, 0.25) is 11.1 Å². The average Bonchev–Trinajstić information content (AvgIpc) is 2.88. The van der Waals surface area contributed by atoms with Gasteiger partial charge in [0.05, 0.1) is 5.69 Å². The predicted molar refractivity (Wildman–Crippen MR) is 89.9 cm³/mol. The van der Waals surface area contributed by atoms with E-state index < -0.39 is 0 Å². The highest BCUT2D eigenvalue weighted by Gasteiger charge is 2.08. The quantitative estimate of drug-likeness (QED) is 0.554. The second kappa shape index (κ2) is 8.72. The Morgan fingerprint density at radius 3 is 2.52 bits per heavy atom. The number of nitrogens with zero attached hydrogens (tertiary/aromatic N) is 3. The number of aromatic nitrogens is 3. The summed E-state index contributed by atoms with van der Waals surface area (Å²) in [4.78, 5) is 4.33. The molecule has 0 unspecified atom stereocenters. The maximum Gasteiger partial charge on any atom is 0.224 e. The Kier molecular flexibility index (Phi) is 6.60. The Bertz CT molecular complexity index is 524. The van der Waals surface area contributed by atoms with Gasteiger partial charge in [0.25, 0.3) is 0 Å². The van der Waals surface area contributed by atoms with Gasteiger partial charge in [0.15, 0.2) is 0 Å². The number of nitrogens with two attached hydrogens (primary N) is 1. The molecule has 1 aromatic heterocycles. The number of unbranched alkanes of at least 4 members (excludes halogenated alkanes) is 5. The number of rotatable bonds is 9. The third-order valence-corrected chi connectivity index (χ3v) is 4.27. The van der Waals surface area contributed by atoms with Gasteiger partial charge in [-0.3, -0.25) is 0 Å². The third-order valence-electron chi connectivity index (χ3n) is 3.34. The largest absolute Gasteiger partial charge is 0.368 e. The highest BCUT2D eigenvalue weighted by atomic mass is 32.2. The third kappa shape index (κ3) is 5.08. The smallest absolute Gasteiger partial charge is 0.224 e. The molecule has 0 spiro atoms. The van der Waals surface area contributed by atoms with Crippen molar-refractivity contribution in [1.82, 2.24) is 14.8 Å². The number of hydrogen-bond acceptors (Lipinski definition) is 4. The summed E-state index contributed by atoms with van der Waals surface area (Å²) in [6, 6.07) is 9.88. The Labute approximate surface area is 131 Å². The molecule has 0 saturated heterocycles. The fraction of sp³-hybridized carbons (Fsp3) is 0.500. The average molecular weight is 304 g/mol. The molecule has 4 nitrogen and oxygen atoms in total. The predicted octanol–water partition coefficient (Wildman–Crippen LogP) is 4.30. The lowest BCUT2D eigenvalue weighted by molar-refractivity contribution is 0.626. The van der Waals surface area contributed by atoms with E-state index in [2.05, 4.69) is 17.0 Å². The van der Waals surface area contributed by atoms with E-state index in [1.165, 1.54) is 38.5 Å². The van der Waals surface area contributed by atoms with Gasteiger partial charge in [-0.25, -0.2) is 0 Å². The molecular formula is C16H24N4S. The first-order valence-corrected chi connectivity index (χ1v) is 8.70. The molecule has 0 saturated carbocycles. The van der Waals surface area contributed by atoms with Gasteiger partial charge in [-0.2, -0.15) is 9.67 Å². The van der Waals surface area contributed by atoms with Crippen LogP contribution in [0.3, 0.4) is 0 Å². The molecule has 2 aromatic rings. The Balaban J connectivity index is 1.78. The summed E-state index contributed by atoms with van der Waals surface area (Å²) >= 11 is 1.69. The van der Waals surface area contributed by atoms with Crippen molar-refractivity contribution in [3.05, 3.63) is 30.3 Å². The summed E-state index contributed by atoms with van der Waals surface area (Å²) in [5.74, 6) is 1.51. The molecule has 0 aliphatic heterocycles.